The van der Waals surface area contributed by atoms with Gasteiger partial charge in [0, 0.05) is 29.2 Å². The monoisotopic (exact) mass is 283 g/mol. The van der Waals surface area contributed by atoms with Gasteiger partial charge >= 0.3 is 0 Å². The summed E-state index contributed by atoms with van der Waals surface area (Å²) in [5.74, 6) is 0.910. The highest BCUT2D eigenvalue weighted by Crippen LogP contribution is 2.18. The predicted molar refractivity (Wildman–Crippen MR) is 80.7 cm³/mol. The standard InChI is InChI=1S/C14H25N3OS/c1-9(2)15-13(8-18)6-7-19-14-16-11(4)10(3)12(5)17-14/h9,13,15,18H,6-8H2,1-5H3. The second-order valence-corrected chi connectivity index (χ2v) is 6.20. The van der Waals surface area contributed by atoms with Crippen LogP contribution in [0, 0.1) is 20.8 Å². The number of rotatable bonds is 7. The van der Waals surface area contributed by atoms with Gasteiger partial charge in [0.05, 0.1) is 6.61 Å². The molecule has 1 atom stereocenters. The Morgan fingerprint density at radius 1 is 1.16 bits per heavy atom. The summed E-state index contributed by atoms with van der Waals surface area (Å²) in [5, 5.41) is 13.5. The zero-order chi connectivity index (χ0) is 14.4. The van der Waals surface area contributed by atoms with E-state index in [4.69, 9.17) is 0 Å². The quantitative estimate of drug-likeness (QED) is 0.594. The van der Waals surface area contributed by atoms with Gasteiger partial charge in [-0.25, -0.2) is 9.97 Å². The minimum atomic E-state index is 0.153. The number of aryl methyl sites for hydroxylation is 2. The highest BCUT2D eigenvalue weighted by Gasteiger charge is 2.10. The van der Waals surface area contributed by atoms with E-state index in [-0.39, 0.29) is 12.6 Å². The van der Waals surface area contributed by atoms with Crippen LogP contribution in [-0.2, 0) is 0 Å². The second-order valence-electron chi connectivity index (χ2n) is 5.14. The first-order valence-electron chi connectivity index (χ1n) is 6.75. The maximum atomic E-state index is 9.29. The third-order valence-corrected chi connectivity index (χ3v) is 3.98. The molecule has 1 unspecified atom stereocenters. The van der Waals surface area contributed by atoms with Gasteiger partial charge in [-0.2, -0.15) is 0 Å². The lowest BCUT2D eigenvalue weighted by Crippen LogP contribution is -2.37. The van der Waals surface area contributed by atoms with Crippen LogP contribution in [0.2, 0.25) is 0 Å². The summed E-state index contributed by atoms with van der Waals surface area (Å²) < 4.78 is 0. The number of aliphatic hydroxyl groups is 1. The molecule has 4 nitrogen and oxygen atoms in total. The molecule has 0 spiro atoms. The second kappa shape index (κ2) is 7.82. The first-order valence-corrected chi connectivity index (χ1v) is 7.74. The summed E-state index contributed by atoms with van der Waals surface area (Å²) in [5.41, 5.74) is 3.27. The van der Waals surface area contributed by atoms with Crippen LogP contribution in [0.5, 0.6) is 0 Å². The molecule has 0 aromatic carbocycles. The van der Waals surface area contributed by atoms with Crippen molar-refractivity contribution in [2.45, 2.75) is 58.3 Å². The number of hydrogen-bond acceptors (Lipinski definition) is 5. The predicted octanol–water partition coefficient (Wildman–Crippen LogP) is 2.24. The molecule has 19 heavy (non-hydrogen) atoms. The summed E-state index contributed by atoms with van der Waals surface area (Å²) >= 11 is 1.65. The molecular formula is C14H25N3OS. The van der Waals surface area contributed by atoms with Crippen molar-refractivity contribution < 1.29 is 5.11 Å². The van der Waals surface area contributed by atoms with E-state index in [9.17, 15) is 5.11 Å². The number of thioether (sulfide) groups is 1. The average Bonchev–Trinajstić information content (AvgIpc) is 2.34. The smallest absolute Gasteiger partial charge is 0.187 e. The third kappa shape index (κ3) is 5.47. The zero-order valence-corrected chi connectivity index (χ0v) is 13.3. The number of hydrogen-bond donors (Lipinski definition) is 2. The van der Waals surface area contributed by atoms with E-state index < -0.39 is 0 Å². The highest BCUT2D eigenvalue weighted by atomic mass is 32.2. The van der Waals surface area contributed by atoms with E-state index in [0.29, 0.717) is 6.04 Å². The Bertz CT molecular complexity index is 387. The van der Waals surface area contributed by atoms with Crippen molar-refractivity contribution in [2.75, 3.05) is 12.4 Å². The Kier molecular flexibility index (Phi) is 6.75. The molecule has 1 heterocycles. The molecule has 0 saturated heterocycles. The molecule has 0 radical (unpaired) electrons. The van der Waals surface area contributed by atoms with Crippen molar-refractivity contribution in [3.8, 4) is 0 Å². The third-order valence-electron chi connectivity index (χ3n) is 3.10. The molecule has 0 amide bonds. The number of nitrogens with one attached hydrogen (secondary N) is 1. The number of nitrogens with zero attached hydrogens (tertiary/aromatic N) is 2. The van der Waals surface area contributed by atoms with Crippen molar-refractivity contribution in [1.29, 1.82) is 0 Å². The fraction of sp³-hybridized carbons (Fsp3) is 0.714. The van der Waals surface area contributed by atoms with Crippen molar-refractivity contribution >= 4 is 11.8 Å². The number of aromatic nitrogens is 2. The van der Waals surface area contributed by atoms with Crippen molar-refractivity contribution in [1.82, 2.24) is 15.3 Å². The first-order chi connectivity index (χ1) is 8.93. The molecule has 1 rings (SSSR count). The van der Waals surface area contributed by atoms with Gasteiger partial charge in [0.25, 0.3) is 0 Å². The lowest BCUT2D eigenvalue weighted by Gasteiger charge is -2.18. The van der Waals surface area contributed by atoms with Crippen molar-refractivity contribution in [2.24, 2.45) is 0 Å². The van der Waals surface area contributed by atoms with Crippen LogP contribution in [0.1, 0.15) is 37.2 Å². The fourth-order valence-electron chi connectivity index (χ4n) is 1.80. The van der Waals surface area contributed by atoms with Crippen LogP contribution in [-0.4, -0.2) is 39.5 Å². The maximum Gasteiger partial charge on any atom is 0.187 e. The van der Waals surface area contributed by atoms with Crippen LogP contribution < -0.4 is 5.32 Å². The molecule has 1 aromatic heterocycles. The largest absolute Gasteiger partial charge is 0.395 e. The van der Waals surface area contributed by atoms with Crippen LogP contribution in [0.4, 0.5) is 0 Å². The van der Waals surface area contributed by atoms with Crippen LogP contribution >= 0.6 is 11.8 Å². The van der Waals surface area contributed by atoms with E-state index in [2.05, 4.69) is 29.1 Å². The molecule has 108 valence electrons. The van der Waals surface area contributed by atoms with Gasteiger partial charge in [-0.1, -0.05) is 25.6 Å². The maximum absolute atomic E-state index is 9.29. The molecule has 0 bridgehead atoms. The summed E-state index contributed by atoms with van der Waals surface area (Å²) in [6, 6.07) is 0.544. The molecule has 0 aliphatic rings. The van der Waals surface area contributed by atoms with Gasteiger partial charge in [-0.15, -0.1) is 0 Å². The molecule has 1 aromatic rings. The normalized spacial score (nSPS) is 13.0. The Balaban J connectivity index is 2.48. The molecule has 0 saturated carbocycles. The zero-order valence-electron chi connectivity index (χ0n) is 12.5. The van der Waals surface area contributed by atoms with Crippen molar-refractivity contribution in [3.63, 3.8) is 0 Å². The topological polar surface area (TPSA) is 58.0 Å². The Labute approximate surface area is 120 Å². The molecular weight excluding hydrogens is 258 g/mol. The number of aliphatic hydroxyl groups excluding tert-OH is 1. The Morgan fingerprint density at radius 2 is 1.74 bits per heavy atom. The minimum absolute atomic E-state index is 0.153. The van der Waals surface area contributed by atoms with Gasteiger partial charge in [0.1, 0.15) is 0 Å². The summed E-state index contributed by atoms with van der Waals surface area (Å²) in [4.78, 5) is 8.97. The average molecular weight is 283 g/mol. The van der Waals surface area contributed by atoms with E-state index in [1.807, 2.05) is 20.8 Å². The lowest BCUT2D eigenvalue weighted by atomic mass is 10.2. The Hall–Kier alpha value is -0.650. The molecule has 0 aliphatic heterocycles. The van der Waals surface area contributed by atoms with Crippen molar-refractivity contribution in [3.05, 3.63) is 17.0 Å². The van der Waals surface area contributed by atoms with Crippen LogP contribution in [0.3, 0.4) is 0 Å². The van der Waals surface area contributed by atoms with Crippen LogP contribution in [0.15, 0.2) is 5.16 Å². The SMILES string of the molecule is Cc1nc(SCCC(CO)NC(C)C)nc(C)c1C. The van der Waals surface area contributed by atoms with Gasteiger partial charge < -0.3 is 10.4 Å². The Morgan fingerprint density at radius 3 is 2.21 bits per heavy atom. The van der Waals surface area contributed by atoms with E-state index in [1.165, 1.54) is 5.56 Å². The first kappa shape index (κ1) is 16.4. The highest BCUT2D eigenvalue weighted by molar-refractivity contribution is 7.99. The van der Waals surface area contributed by atoms with E-state index >= 15 is 0 Å². The lowest BCUT2D eigenvalue weighted by molar-refractivity contribution is 0.232. The van der Waals surface area contributed by atoms with Crippen LogP contribution in [0.25, 0.3) is 0 Å². The van der Waals surface area contributed by atoms with Gasteiger partial charge in [0.2, 0.25) is 0 Å². The molecule has 0 aliphatic carbocycles. The molecule has 0 fully saturated rings. The summed E-state index contributed by atoms with van der Waals surface area (Å²) in [7, 11) is 0. The summed E-state index contributed by atoms with van der Waals surface area (Å²) in [6.45, 7) is 10.4. The minimum Gasteiger partial charge on any atom is -0.395 e. The van der Waals surface area contributed by atoms with E-state index in [1.54, 1.807) is 11.8 Å². The molecule has 2 N–H and O–H groups in total. The summed E-state index contributed by atoms with van der Waals surface area (Å²) in [6.07, 6.45) is 0.911. The van der Waals surface area contributed by atoms with E-state index in [0.717, 1.165) is 28.7 Å². The van der Waals surface area contributed by atoms with Gasteiger partial charge in [-0.3, -0.25) is 0 Å². The van der Waals surface area contributed by atoms with Gasteiger partial charge in [-0.05, 0) is 32.8 Å². The molecule has 5 heteroatoms. The van der Waals surface area contributed by atoms with Gasteiger partial charge in [0.15, 0.2) is 5.16 Å². The fourth-order valence-corrected chi connectivity index (χ4v) is 2.79.